The summed E-state index contributed by atoms with van der Waals surface area (Å²) in [4.78, 5) is 16.1. The monoisotopic (exact) mass is 339 g/mol. The molecule has 7 heteroatoms. The summed E-state index contributed by atoms with van der Waals surface area (Å²) in [5.41, 5.74) is 2.18. The van der Waals surface area contributed by atoms with Gasteiger partial charge in [-0.1, -0.05) is 41.6 Å². The van der Waals surface area contributed by atoms with Gasteiger partial charge in [-0.05, 0) is 25.1 Å². The molecule has 2 heterocycles. The maximum Gasteiger partial charge on any atom is 0.236 e. The zero-order valence-electron chi connectivity index (χ0n) is 13.4. The number of rotatable bonds is 5. The molecule has 0 aliphatic carbocycles. The lowest BCUT2D eigenvalue weighted by molar-refractivity contribution is -0.113. The molecular weight excluding hydrogens is 322 g/mol. The van der Waals surface area contributed by atoms with E-state index >= 15 is 0 Å². The number of aromatic nitrogens is 4. The van der Waals surface area contributed by atoms with Crippen molar-refractivity contribution >= 4 is 23.5 Å². The van der Waals surface area contributed by atoms with Crippen LogP contribution in [0.4, 0.5) is 5.82 Å². The molecule has 0 unspecified atom stereocenters. The van der Waals surface area contributed by atoms with Crippen LogP contribution in [0.2, 0.25) is 0 Å². The average molecular weight is 339 g/mol. The van der Waals surface area contributed by atoms with E-state index in [1.165, 1.54) is 17.3 Å². The van der Waals surface area contributed by atoms with E-state index in [1.807, 2.05) is 42.8 Å². The van der Waals surface area contributed by atoms with E-state index in [4.69, 9.17) is 0 Å². The Morgan fingerprint density at radius 3 is 2.83 bits per heavy atom. The Hall–Kier alpha value is -2.67. The maximum atomic E-state index is 12.0. The molecule has 0 saturated carbocycles. The zero-order valence-corrected chi connectivity index (χ0v) is 14.2. The van der Waals surface area contributed by atoms with Crippen LogP contribution in [-0.2, 0) is 11.8 Å². The molecule has 0 atom stereocenters. The predicted octanol–water partition coefficient (Wildman–Crippen LogP) is 2.92. The fourth-order valence-electron chi connectivity index (χ4n) is 2.22. The molecule has 1 amide bonds. The van der Waals surface area contributed by atoms with Gasteiger partial charge in [-0.3, -0.25) is 4.79 Å². The van der Waals surface area contributed by atoms with Gasteiger partial charge < -0.3 is 9.88 Å². The first-order valence-corrected chi connectivity index (χ1v) is 8.42. The number of aryl methyl sites for hydroxylation is 1. The van der Waals surface area contributed by atoms with E-state index in [0.717, 1.165) is 11.4 Å². The van der Waals surface area contributed by atoms with E-state index in [-0.39, 0.29) is 11.7 Å². The van der Waals surface area contributed by atoms with Gasteiger partial charge in [-0.25, -0.2) is 4.98 Å². The first-order valence-electron chi connectivity index (χ1n) is 7.43. The summed E-state index contributed by atoms with van der Waals surface area (Å²) in [6, 6.07) is 13.5. The number of benzene rings is 1. The molecule has 0 aliphatic heterocycles. The fraction of sp³-hybridized carbons (Fsp3) is 0.176. The molecule has 1 aromatic carbocycles. The third-order valence-electron chi connectivity index (χ3n) is 3.38. The van der Waals surface area contributed by atoms with Gasteiger partial charge in [0.25, 0.3) is 0 Å². The molecule has 3 aromatic rings. The van der Waals surface area contributed by atoms with Crippen LogP contribution in [-0.4, -0.2) is 31.4 Å². The average Bonchev–Trinajstić information content (AvgIpc) is 2.95. The van der Waals surface area contributed by atoms with Gasteiger partial charge in [-0.15, -0.1) is 10.2 Å². The fourth-order valence-corrected chi connectivity index (χ4v) is 2.93. The maximum absolute atomic E-state index is 12.0. The lowest BCUT2D eigenvalue weighted by Crippen LogP contribution is -2.15. The minimum absolute atomic E-state index is 0.126. The van der Waals surface area contributed by atoms with Crippen molar-refractivity contribution in [2.45, 2.75) is 12.1 Å². The first kappa shape index (κ1) is 16.2. The third-order valence-corrected chi connectivity index (χ3v) is 4.40. The standard InChI is InChI=1S/C17H17N5OS/c1-12-6-5-7-13(10-12)16-20-21-17(22(16)2)24-11-15(23)19-14-8-3-4-9-18-14/h3-10H,11H2,1-2H3,(H,18,19,23). The number of thioether (sulfide) groups is 1. The summed E-state index contributed by atoms with van der Waals surface area (Å²) < 4.78 is 1.90. The van der Waals surface area contributed by atoms with Crippen LogP contribution in [0.3, 0.4) is 0 Å². The van der Waals surface area contributed by atoms with Crippen molar-refractivity contribution < 1.29 is 4.79 Å². The predicted molar refractivity (Wildman–Crippen MR) is 94.8 cm³/mol. The molecule has 0 radical (unpaired) electrons. The number of hydrogen-bond acceptors (Lipinski definition) is 5. The first-order chi connectivity index (χ1) is 11.6. The molecule has 1 N–H and O–H groups in total. The molecular formula is C17H17N5OS. The third kappa shape index (κ3) is 3.80. The molecule has 6 nitrogen and oxygen atoms in total. The van der Waals surface area contributed by atoms with E-state index in [0.29, 0.717) is 11.0 Å². The molecule has 0 fully saturated rings. The summed E-state index contributed by atoms with van der Waals surface area (Å²) >= 11 is 1.34. The summed E-state index contributed by atoms with van der Waals surface area (Å²) in [5.74, 6) is 1.45. The second-order valence-corrected chi connectivity index (χ2v) is 6.23. The van der Waals surface area contributed by atoms with Gasteiger partial charge in [0, 0.05) is 18.8 Å². The van der Waals surface area contributed by atoms with Gasteiger partial charge in [-0.2, -0.15) is 0 Å². The Morgan fingerprint density at radius 1 is 1.21 bits per heavy atom. The van der Waals surface area contributed by atoms with E-state index in [1.54, 1.807) is 18.3 Å². The van der Waals surface area contributed by atoms with Gasteiger partial charge in [0.2, 0.25) is 5.91 Å². The number of nitrogens with one attached hydrogen (secondary N) is 1. The molecule has 3 rings (SSSR count). The highest BCUT2D eigenvalue weighted by Crippen LogP contribution is 2.23. The smallest absolute Gasteiger partial charge is 0.236 e. The second kappa shape index (κ2) is 7.27. The van der Waals surface area contributed by atoms with E-state index < -0.39 is 0 Å². The van der Waals surface area contributed by atoms with E-state index in [2.05, 4.69) is 26.6 Å². The number of pyridine rings is 1. The number of nitrogens with zero attached hydrogens (tertiary/aromatic N) is 4. The van der Waals surface area contributed by atoms with Crippen LogP contribution in [0.25, 0.3) is 11.4 Å². The highest BCUT2D eigenvalue weighted by Gasteiger charge is 2.13. The van der Waals surface area contributed by atoms with Crippen molar-refractivity contribution in [2.75, 3.05) is 11.1 Å². The summed E-state index contributed by atoms with van der Waals surface area (Å²) in [5, 5.41) is 11.9. The normalized spacial score (nSPS) is 10.6. The number of anilines is 1. The molecule has 122 valence electrons. The van der Waals surface area contributed by atoms with Crippen molar-refractivity contribution in [1.29, 1.82) is 0 Å². The minimum atomic E-state index is -0.126. The molecule has 0 bridgehead atoms. The van der Waals surface area contributed by atoms with Gasteiger partial charge in [0.15, 0.2) is 11.0 Å². The largest absolute Gasteiger partial charge is 0.310 e. The van der Waals surface area contributed by atoms with Gasteiger partial charge in [0.1, 0.15) is 5.82 Å². The number of carbonyl (C=O) groups is 1. The number of carbonyl (C=O) groups excluding carboxylic acids is 1. The SMILES string of the molecule is Cc1cccc(-c2nnc(SCC(=O)Nc3ccccn3)n2C)c1. The Kier molecular flexibility index (Phi) is 4.90. The Morgan fingerprint density at radius 2 is 2.08 bits per heavy atom. The second-order valence-electron chi connectivity index (χ2n) is 5.29. The van der Waals surface area contributed by atoms with Crippen LogP contribution in [0.5, 0.6) is 0 Å². The Labute approximate surface area is 144 Å². The summed E-state index contributed by atoms with van der Waals surface area (Å²) in [6.45, 7) is 2.04. The number of amides is 1. The minimum Gasteiger partial charge on any atom is -0.310 e. The molecule has 0 aliphatic rings. The highest BCUT2D eigenvalue weighted by atomic mass is 32.2. The quantitative estimate of drug-likeness (QED) is 0.724. The molecule has 0 spiro atoms. The van der Waals surface area contributed by atoms with Crippen LogP contribution < -0.4 is 5.32 Å². The van der Waals surface area contributed by atoms with Crippen molar-refractivity contribution in [3.63, 3.8) is 0 Å². The van der Waals surface area contributed by atoms with Crippen LogP contribution >= 0.6 is 11.8 Å². The van der Waals surface area contributed by atoms with Crippen molar-refractivity contribution in [1.82, 2.24) is 19.7 Å². The molecule has 24 heavy (non-hydrogen) atoms. The van der Waals surface area contributed by atoms with Crippen molar-refractivity contribution in [2.24, 2.45) is 7.05 Å². The zero-order chi connectivity index (χ0) is 16.9. The molecule has 0 saturated heterocycles. The highest BCUT2D eigenvalue weighted by molar-refractivity contribution is 7.99. The van der Waals surface area contributed by atoms with Crippen molar-refractivity contribution in [3.05, 3.63) is 54.2 Å². The Bertz CT molecular complexity index is 847. The van der Waals surface area contributed by atoms with Crippen LogP contribution in [0, 0.1) is 6.92 Å². The topological polar surface area (TPSA) is 72.7 Å². The molecule has 2 aromatic heterocycles. The van der Waals surface area contributed by atoms with Crippen molar-refractivity contribution in [3.8, 4) is 11.4 Å². The van der Waals surface area contributed by atoms with Crippen LogP contribution in [0.15, 0.2) is 53.8 Å². The van der Waals surface area contributed by atoms with Gasteiger partial charge >= 0.3 is 0 Å². The number of hydrogen-bond donors (Lipinski definition) is 1. The Balaban J connectivity index is 1.65. The van der Waals surface area contributed by atoms with Crippen LogP contribution in [0.1, 0.15) is 5.56 Å². The van der Waals surface area contributed by atoms with Gasteiger partial charge in [0.05, 0.1) is 5.75 Å². The summed E-state index contributed by atoms with van der Waals surface area (Å²) in [6.07, 6.45) is 1.64. The van der Waals surface area contributed by atoms with E-state index in [9.17, 15) is 4.79 Å². The summed E-state index contributed by atoms with van der Waals surface area (Å²) in [7, 11) is 1.90. The lowest BCUT2D eigenvalue weighted by Gasteiger charge is -2.05. The lowest BCUT2D eigenvalue weighted by atomic mass is 10.1.